The summed E-state index contributed by atoms with van der Waals surface area (Å²) in [6, 6.07) is 0. The molecule has 1 fully saturated rings. The largest absolute Gasteiger partial charge is 0.346 e. The quantitative estimate of drug-likeness (QED) is 0.898. The lowest BCUT2D eigenvalue weighted by molar-refractivity contribution is -0.117. The highest BCUT2D eigenvalue weighted by Gasteiger charge is 2.20. The third kappa shape index (κ3) is 3.30. The van der Waals surface area contributed by atoms with Gasteiger partial charge >= 0.3 is 0 Å². The van der Waals surface area contributed by atoms with Crippen LogP contribution in [-0.4, -0.2) is 58.7 Å². The first-order valence-corrected chi connectivity index (χ1v) is 8.00. The van der Waals surface area contributed by atoms with Crippen LogP contribution in [0.2, 0.25) is 0 Å². The molecule has 106 valence electrons. The molecule has 20 heavy (non-hydrogen) atoms. The van der Waals surface area contributed by atoms with E-state index in [1.165, 1.54) is 11.3 Å². The zero-order chi connectivity index (χ0) is 13.8. The highest BCUT2D eigenvalue weighted by Crippen LogP contribution is 2.18. The molecule has 2 aromatic rings. The van der Waals surface area contributed by atoms with Crippen LogP contribution in [0.3, 0.4) is 0 Å². The van der Waals surface area contributed by atoms with Gasteiger partial charge < -0.3 is 4.90 Å². The first kappa shape index (κ1) is 13.4. The molecule has 1 N–H and O–H groups in total. The van der Waals surface area contributed by atoms with E-state index in [-0.39, 0.29) is 5.91 Å². The van der Waals surface area contributed by atoms with Crippen molar-refractivity contribution in [1.82, 2.24) is 20.1 Å². The molecule has 2 aromatic heterocycles. The summed E-state index contributed by atoms with van der Waals surface area (Å²) in [7, 11) is 0. The molecule has 1 aliphatic rings. The molecular formula is C11H14N6OS2. The maximum atomic E-state index is 11.9. The number of hydrogen-bond acceptors (Lipinski definition) is 8. The van der Waals surface area contributed by atoms with Gasteiger partial charge in [0.2, 0.25) is 11.0 Å². The van der Waals surface area contributed by atoms with Crippen molar-refractivity contribution in [2.75, 3.05) is 42.9 Å². The Labute approximate surface area is 124 Å². The SMILES string of the molecule is O=C(CN1CCN(c2nccs2)CC1)Nc1nncs1. The van der Waals surface area contributed by atoms with Gasteiger partial charge in [-0.3, -0.25) is 15.0 Å². The van der Waals surface area contributed by atoms with Crippen molar-refractivity contribution < 1.29 is 4.79 Å². The lowest BCUT2D eigenvalue weighted by Gasteiger charge is -2.33. The minimum absolute atomic E-state index is 0.0375. The van der Waals surface area contributed by atoms with Gasteiger partial charge in [-0.1, -0.05) is 11.3 Å². The maximum absolute atomic E-state index is 11.9. The van der Waals surface area contributed by atoms with E-state index in [1.54, 1.807) is 16.8 Å². The van der Waals surface area contributed by atoms with Crippen LogP contribution in [0, 0.1) is 0 Å². The molecule has 0 unspecified atom stereocenters. The lowest BCUT2D eigenvalue weighted by Crippen LogP contribution is -2.48. The van der Waals surface area contributed by atoms with Crippen LogP contribution in [0.15, 0.2) is 17.1 Å². The lowest BCUT2D eigenvalue weighted by atomic mass is 10.3. The minimum atomic E-state index is -0.0375. The number of carbonyl (C=O) groups excluding carboxylic acids is 1. The number of hydrogen-bond donors (Lipinski definition) is 1. The number of rotatable bonds is 4. The zero-order valence-corrected chi connectivity index (χ0v) is 12.4. The highest BCUT2D eigenvalue weighted by atomic mass is 32.1. The van der Waals surface area contributed by atoms with Crippen LogP contribution in [-0.2, 0) is 4.79 Å². The molecule has 9 heteroatoms. The molecule has 1 aliphatic heterocycles. The van der Waals surface area contributed by atoms with Crippen LogP contribution in [0.1, 0.15) is 0 Å². The fourth-order valence-electron chi connectivity index (χ4n) is 2.06. The third-order valence-corrected chi connectivity index (χ3v) is 4.47. The van der Waals surface area contributed by atoms with E-state index >= 15 is 0 Å². The Hall–Kier alpha value is -1.58. The van der Waals surface area contributed by atoms with Gasteiger partial charge in [0.15, 0.2) is 5.13 Å². The molecule has 0 aliphatic carbocycles. The summed E-state index contributed by atoms with van der Waals surface area (Å²) in [6.45, 7) is 3.93. The Kier molecular flexibility index (Phi) is 4.19. The molecule has 0 radical (unpaired) electrons. The van der Waals surface area contributed by atoms with Gasteiger partial charge in [0, 0.05) is 37.8 Å². The number of piperazine rings is 1. The van der Waals surface area contributed by atoms with E-state index in [0.717, 1.165) is 31.3 Å². The van der Waals surface area contributed by atoms with Gasteiger partial charge in [-0.2, -0.15) is 0 Å². The number of nitrogens with one attached hydrogen (secondary N) is 1. The molecular weight excluding hydrogens is 296 g/mol. The number of aromatic nitrogens is 3. The van der Waals surface area contributed by atoms with Crippen molar-refractivity contribution in [3.63, 3.8) is 0 Å². The van der Waals surface area contributed by atoms with Crippen molar-refractivity contribution in [2.45, 2.75) is 0 Å². The van der Waals surface area contributed by atoms with Crippen LogP contribution in [0.5, 0.6) is 0 Å². The predicted molar refractivity (Wildman–Crippen MR) is 79.3 cm³/mol. The fraction of sp³-hybridized carbons (Fsp3) is 0.455. The third-order valence-electron chi connectivity index (χ3n) is 3.04. The molecule has 3 heterocycles. The summed E-state index contributed by atoms with van der Waals surface area (Å²) >= 11 is 2.97. The van der Waals surface area contributed by atoms with Crippen molar-refractivity contribution in [3.8, 4) is 0 Å². The highest BCUT2D eigenvalue weighted by molar-refractivity contribution is 7.13. The molecule has 0 saturated carbocycles. The topological polar surface area (TPSA) is 74.2 Å². The van der Waals surface area contributed by atoms with Crippen LogP contribution in [0.25, 0.3) is 0 Å². The van der Waals surface area contributed by atoms with Gasteiger partial charge in [-0.15, -0.1) is 21.5 Å². The van der Waals surface area contributed by atoms with E-state index in [4.69, 9.17) is 0 Å². The van der Waals surface area contributed by atoms with E-state index < -0.39 is 0 Å². The predicted octanol–water partition coefficient (Wildman–Crippen LogP) is 0.755. The molecule has 1 amide bonds. The van der Waals surface area contributed by atoms with Crippen molar-refractivity contribution in [1.29, 1.82) is 0 Å². The summed E-state index contributed by atoms with van der Waals surface area (Å²) in [5.41, 5.74) is 1.60. The average molecular weight is 310 g/mol. The second-order valence-corrected chi connectivity index (χ2v) is 6.08. The Morgan fingerprint density at radius 2 is 2.15 bits per heavy atom. The standard InChI is InChI=1S/C11H14N6OS2/c18-9(14-10-15-13-8-20-10)7-16-2-4-17(5-3-16)11-12-1-6-19-11/h1,6,8H,2-5,7H2,(H,14,15,18). The van der Waals surface area contributed by atoms with Crippen LogP contribution >= 0.6 is 22.7 Å². The zero-order valence-electron chi connectivity index (χ0n) is 10.7. The molecule has 0 atom stereocenters. The molecule has 1 saturated heterocycles. The van der Waals surface area contributed by atoms with E-state index in [2.05, 4.69) is 30.3 Å². The van der Waals surface area contributed by atoms with Gasteiger partial charge in [-0.25, -0.2) is 4.98 Å². The average Bonchev–Trinajstić information content (AvgIpc) is 3.12. The van der Waals surface area contributed by atoms with Crippen molar-refractivity contribution in [2.24, 2.45) is 0 Å². The Balaban J connectivity index is 1.45. The van der Waals surface area contributed by atoms with Gasteiger partial charge in [0.1, 0.15) is 5.51 Å². The second-order valence-electron chi connectivity index (χ2n) is 4.37. The summed E-state index contributed by atoms with van der Waals surface area (Å²) in [4.78, 5) is 20.6. The van der Waals surface area contributed by atoms with Crippen molar-refractivity contribution >= 4 is 38.8 Å². The number of carbonyl (C=O) groups is 1. The molecule has 0 bridgehead atoms. The van der Waals surface area contributed by atoms with Crippen LogP contribution < -0.4 is 10.2 Å². The second kappa shape index (κ2) is 6.25. The maximum Gasteiger partial charge on any atom is 0.240 e. The van der Waals surface area contributed by atoms with Crippen molar-refractivity contribution in [3.05, 3.63) is 17.1 Å². The van der Waals surface area contributed by atoms with Gasteiger partial charge in [0.25, 0.3) is 0 Å². The monoisotopic (exact) mass is 310 g/mol. The number of amides is 1. The first-order chi connectivity index (χ1) is 9.81. The summed E-state index contributed by atoms with van der Waals surface area (Å²) in [6.07, 6.45) is 1.82. The number of thiazole rings is 1. The number of anilines is 2. The fourth-order valence-corrected chi connectivity index (χ4v) is 3.22. The Morgan fingerprint density at radius 1 is 1.30 bits per heavy atom. The summed E-state index contributed by atoms with van der Waals surface area (Å²) in [5.74, 6) is -0.0375. The Bertz CT molecular complexity index is 535. The van der Waals surface area contributed by atoms with E-state index in [9.17, 15) is 4.79 Å². The van der Waals surface area contributed by atoms with Gasteiger partial charge in [0.05, 0.1) is 6.54 Å². The Morgan fingerprint density at radius 3 is 2.80 bits per heavy atom. The normalized spacial score (nSPS) is 16.3. The molecule has 3 rings (SSSR count). The molecule has 7 nitrogen and oxygen atoms in total. The van der Waals surface area contributed by atoms with E-state index in [0.29, 0.717) is 11.7 Å². The van der Waals surface area contributed by atoms with Crippen LogP contribution in [0.4, 0.5) is 10.3 Å². The van der Waals surface area contributed by atoms with E-state index in [1.807, 2.05) is 11.6 Å². The number of nitrogens with zero attached hydrogens (tertiary/aromatic N) is 5. The smallest absolute Gasteiger partial charge is 0.240 e. The minimum Gasteiger partial charge on any atom is -0.346 e. The first-order valence-electron chi connectivity index (χ1n) is 6.24. The summed E-state index contributed by atoms with van der Waals surface area (Å²) < 4.78 is 0. The molecule has 0 spiro atoms. The summed E-state index contributed by atoms with van der Waals surface area (Å²) in [5, 5.41) is 13.8. The van der Waals surface area contributed by atoms with Gasteiger partial charge in [-0.05, 0) is 0 Å². The molecule has 0 aromatic carbocycles.